The van der Waals surface area contributed by atoms with E-state index in [-0.39, 0.29) is 0 Å². The Morgan fingerprint density at radius 3 is 2.75 bits per heavy atom. The molecule has 1 fully saturated rings. The summed E-state index contributed by atoms with van der Waals surface area (Å²) in [7, 11) is 0. The zero-order valence-corrected chi connectivity index (χ0v) is 14.4. The van der Waals surface area contributed by atoms with Gasteiger partial charge in [0.25, 0.3) is 0 Å². The minimum Gasteiger partial charge on any atom is -0.300 e. The molecule has 0 N–H and O–H groups in total. The molecule has 3 nitrogen and oxygen atoms in total. The van der Waals surface area contributed by atoms with Crippen molar-refractivity contribution < 1.29 is 0 Å². The first-order valence-electron chi connectivity index (χ1n) is 7.71. The van der Waals surface area contributed by atoms with Gasteiger partial charge in [0.2, 0.25) is 0 Å². The molecule has 2 atom stereocenters. The Hall–Kier alpha value is -0.160. The SMILES string of the molecule is CCC(c1nc(CCl)cs1)N1CCC(N(CC)CC)C1. The summed E-state index contributed by atoms with van der Waals surface area (Å²) in [5.74, 6) is 0.523. The lowest BCUT2D eigenvalue weighted by Gasteiger charge is -2.28. The van der Waals surface area contributed by atoms with Gasteiger partial charge in [-0.3, -0.25) is 9.80 Å². The lowest BCUT2D eigenvalue weighted by Crippen LogP contribution is -2.38. The third-order valence-corrected chi connectivity index (χ3v) is 5.61. The second-order valence-electron chi connectivity index (χ2n) is 5.39. The molecule has 0 bridgehead atoms. The Morgan fingerprint density at radius 1 is 1.45 bits per heavy atom. The monoisotopic (exact) mass is 315 g/mol. The highest BCUT2D eigenvalue weighted by atomic mass is 35.5. The predicted octanol–water partition coefficient (Wildman–Crippen LogP) is 3.75. The lowest BCUT2D eigenvalue weighted by molar-refractivity contribution is 0.185. The van der Waals surface area contributed by atoms with Crippen molar-refractivity contribution in [3.8, 4) is 0 Å². The van der Waals surface area contributed by atoms with Crippen molar-refractivity contribution in [2.75, 3.05) is 26.2 Å². The minimum atomic E-state index is 0.470. The van der Waals surface area contributed by atoms with Crippen LogP contribution < -0.4 is 0 Å². The number of thiazole rings is 1. The number of hydrogen-bond donors (Lipinski definition) is 0. The van der Waals surface area contributed by atoms with Crippen LogP contribution in [0.4, 0.5) is 0 Å². The van der Waals surface area contributed by atoms with Crippen LogP contribution in [0.25, 0.3) is 0 Å². The van der Waals surface area contributed by atoms with Gasteiger partial charge in [0, 0.05) is 24.5 Å². The van der Waals surface area contributed by atoms with Crippen molar-refractivity contribution in [3.05, 3.63) is 16.1 Å². The molecule has 0 amide bonds. The Kier molecular flexibility index (Phi) is 6.27. The fraction of sp³-hybridized carbons (Fsp3) is 0.800. The van der Waals surface area contributed by atoms with Gasteiger partial charge in [-0.1, -0.05) is 20.8 Å². The second-order valence-corrected chi connectivity index (χ2v) is 6.55. The van der Waals surface area contributed by atoms with E-state index in [4.69, 9.17) is 11.6 Å². The van der Waals surface area contributed by atoms with Crippen LogP contribution >= 0.6 is 22.9 Å². The maximum absolute atomic E-state index is 5.87. The van der Waals surface area contributed by atoms with Gasteiger partial charge in [-0.15, -0.1) is 22.9 Å². The standard InChI is InChI=1S/C15H26ClN3S/c1-4-14(15-17-12(9-16)11-20-15)19-8-7-13(10-19)18(5-2)6-3/h11,13-14H,4-10H2,1-3H3. The molecule has 1 aliphatic rings. The maximum atomic E-state index is 5.87. The fourth-order valence-corrected chi connectivity index (χ4v) is 4.48. The van der Waals surface area contributed by atoms with Crippen LogP contribution in [0.5, 0.6) is 0 Å². The molecule has 5 heteroatoms. The first-order valence-corrected chi connectivity index (χ1v) is 9.13. The van der Waals surface area contributed by atoms with E-state index in [0.717, 1.165) is 25.2 Å². The first kappa shape index (κ1) is 16.2. The molecule has 1 aromatic rings. The van der Waals surface area contributed by atoms with E-state index in [1.165, 1.54) is 24.5 Å². The van der Waals surface area contributed by atoms with Crippen LogP contribution in [-0.2, 0) is 5.88 Å². The molecule has 0 spiro atoms. The quantitative estimate of drug-likeness (QED) is 0.714. The number of halogens is 1. The molecule has 0 saturated carbocycles. The Labute approximate surface area is 131 Å². The molecular formula is C15H26ClN3S. The van der Waals surface area contributed by atoms with E-state index < -0.39 is 0 Å². The highest BCUT2D eigenvalue weighted by Gasteiger charge is 2.31. The first-order chi connectivity index (χ1) is 9.73. The van der Waals surface area contributed by atoms with E-state index in [0.29, 0.717) is 18.0 Å². The highest BCUT2D eigenvalue weighted by Crippen LogP contribution is 2.31. The molecule has 0 radical (unpaired) electrons. The summed E-state index contributed by atoms with van der Waals surface area (Å²) in [6, 6.07) is 1.18. The Balaban J connectivity index is 2.02. The third-order valence-electron chi connectivity index (χ3n) is 4.34. The van der Waals surface area contributed by atoms with Gasteiger partial charge >= 0.3 is 0 Å². The van der Waals surface area contributed by atoms with Crippen molar-refractivity contribution >= 4 is 22.9 Å². The van der Waals surface area contributed by atoms with Crippen molar-refractivity contribution in [2.45, 2.75) is 51.6 Å². The number of alkyl halides is 1. The van der Waals surface area contributed by atoms with E-state index in [2.05, 4.69) is 40.9 Å². The number of hydrogen-bond acceptors (Lipinski definition) is 4. The lowest BCUT2D eigenvalue weighted by atomic mass is 10.2. The molecule has 1 aromatic heterocycles. The Bertz CT molecular complexity index is 406. The maximum Gasteiger partial charge on any atom is 0.110 e. The molecule has 2 rings (SSSR count). The topological polar surface area (TPSA) is 19.4 Å². The number of likely N-dealkylation sites (N-methyl/N-ethyl adjacent to an activating group) is 1. The summed E-state index contributed by atoms with van der Waals surface area (Å²) >= 11 is 7.64. The van der Waals surface area contributed by atoms with E-state index in [1.807, 2.05) is 0 Å². The summed E-state index contributed by atoms with van der Waals surface area (Å²) in [4.78, 5) is 9.88. The number of likely N-dealkylation sites (tertiary alicyclic amines) is 1. The van der Waals surface area contributed by atoms with E-state index >= 15 is 0 Å². The van der Waals surface area contributed by atoms with Gasteiger partial charge in [0.1, 0.15) is 5.01 Å². The van der Waals surface area contributed by atoms with Crippen molar-refractivity contribution in [3.63, 3.8) is 0 Å². The zero-order chi connectivity index (χ0) is 14.5. The largest absolute Gasteiger partial charge is 0.300 e. The number of rotatable bonds is 7. The van der Waals surface area contributed by atoms with Gasteiger partial charge in [-0.2, -0.15) is 0 Å². The predicted molar refractivity (Wildman–Crippen MR) is 87.6 cm³/mol. The molecule has 0 aromatic carbocycles. The molecule has 0 aliphatic carbocycles. The molecule has 114 valence electrons. The fourth-order valence-electron chi connectivity index (χ4n) is 3.22. The third kappa shape index (κ3) is 3.53. The van der Waals surface area contributed by atoms with Crippen LogP contribution in [0.2, 0.25) is 0 Å². The van der Waals surface area contributed by atoms with Gasteiger partial charge in [-0.25, -0.2) is 4.98 Å². The van der Waals surface area contributed by atoms with Crippen molar-refractivity contribution in [1.82, 2.24) is 14.8 Å². The van der Waals surface area contributed by atoms with Crippen LogP contribution in [-0.4, -0.2) is 47.0 Å². The summed E-state index contributed by atoms with van der Waals surface area (Å²) in [6.07, 6.45) is 2.41. The summed E-state index contributed by atoms with van der Waals surface area (Å²) < 4.78 is 0. The van der Waals surface area contributed by atoms with Gasteiger partial charge < -0.3 is 0 Å². The molecule has 2 unspecified atom stereocenters. The number of aromatic nitrogens is 1. The molecule has 1 saturated heterocycles. The van der Waals surface area contributed by atoms with Gasteiger partial charge in [-0.05, 0) is 25.9 Å². The van der Waals surface area contributed by atoms with Crippen LogP contribution in [0.3, 0.4) is 0 Å². The molecule has 20 heavy (non-hydrogen) atoms. The second kappa shape index (κ2) is 7.74. The van der Waals surface area contributed by atoms with Gasteiger partial charge in [0.05, 0.1) is 17.6 Å². The van der Waals surface area contributed by atoms with Crippen molar-refractivity contribution in [2.24, 2.45) is 0 Å². The number of nitrogens with zero attached hydrogens (tertiary/aromatic N) is 3. The van der Waals surface area contributed by atoms with Gasteiger partial charge in [0.15, 0.2) is 0 Å². The zero-order valence-electron chi connectivity index (χ0n) is 12.8. The minimum absolute atomic E-state index is 0.470. The summed E-state index contributed by atoms with van der Waals surface area (Å²) in [5.41, 5.74) is 1.02. The molecular weight excluding hydrogens is 290 g/mol. The van der Waals surface area contributed by atoms with E-state index in [1.54, 1.807) is 11.3 Å². The smallest absolute Gasteiger partial charge is 0.110 e. The van der Waals surface area contributed by atoms with Crippen molar-refractivity contribution in [1.29, 1.82) is 0 Å². The average molecular weight is 316 g/mol. The highest BCUT2D eigenvalue weighted by molar-refractivity contribution is 7.09. The van der Waals surface area contributed by atoms with Crippen LogP contribution in [0.15, 0.2) is 5.38 Å². The van der Waals surface area contributed by atoms with Crippen LogP contribution in [0, 0.1) is 0 Å². The molecule has 2 heterocycles. The summed E-state index contributed by atoms with van der Waals surface area (Å²) in [6.45, 7) is 11.5. The average Bonchev–Trinajstić information content (AvgIpc) is 3.11. The van der Waals surface area contributed by atoms with E-state index in [9.17, 15) is 0 Å². The summed E-state index contributed by atoms with van der Waals surface area (Å²) in [5, 5.41) is 3.34. The normalized spacial score (nSPS) is 21.8. The molecule has 1 aliphatic heterocycles. The Morgan fingerprint density at radius 2 is 2.20 bits per heavy atom. The van der Waals surface area contributed by atoms with Crippen LogP contribution in [0.1, 0.15) is 50.4 Å².